The molecule has 2 fully saturated rings. The van der Waals surface area contributed by atoms with Gasteiger partial charge in [0.1, 0.15) is 5.60 Å². The van der Waals surface area contributed by atoms with E-state index < -0.39 is 5.60 Å². The van der Waals surface area contributed by atoms with Crippen molar-refractivity contribution >= 4 is 17.9 Å². The van der Waals surface area contributed by atoms with E-state index >= 15 is 0 Å². The van der Waals surface area contributed by atoms with Crippen LogP contribution in [0.15, 0.2) is 0 Å². The van der Waals surface area contributed by atoms with Crippen molar-refractivity contribution in [2.45, 2.75) is 38.5 Å². The van der Waals surface area contributed by atoms with Crippen molar-refractivity contribution in [2.24, 2.45) is 0 Å². The van der Waals surface area contributed by atoms with Crippen LogP contribution < -0.4 is 5.32 Å². The summed E-state index contributed by atoms with van der Waals surface area (Å²) in [7, 11) is 0. The number of hydrogen-bond donors (Lipinski definition) is 1. The van der Waals surface area contributed by atoms with Crippen LogP contribution in [0, 0.1) is 0 Å². The van der Waals surface area contributed by atoms with Crippen molar-refractivity contribution in [1.29, 1.82) is 0 Å². The first-order chi connectivity index (χ1) is 7.44. The predicted molar refractivity (Wildman–Crippen MR) is 65.8 cm³/mol. The minimum Gasteiger partial charge on any atom is -0.444 e. The lowest BCUT2D eigenvalue weighted by molar-refractivity contribution is 0.0167. The van der Waals surface area contributed by atoms with E-state index in [0.29, 0.717) is 12.1 Å². The van der Waals surface area contributed by atoms with Gasteiger partial charge in [0.15, 0.2) is 0 Å². The number of amides is 1. The Morgan fingerprint density at radius 2 is 1.88 bits per heavy atom. The zero-order valence-corrected chi connectivity index (χ0v) is 11.0. The van der Waals surface area contributed by atoms with Crippen LogP contribution in [-0.2, 0) is 4.74 Å². The van der Waals surface area contributed by atoms with Gasteiger partial charge in [-0.1, -0.05) is 0 Å². The summed E-state index contributed by atoms with van der Waals surface area (Å²) in [5, 5.41) is 3.53. The third kappa shape index (κ3) is 3.04. The van der Waals surface area contributed by atoms with Crippen LogP contribution in [0.4, 0.5) is 4.79 Å². The van der Waals surface area contributed by atoms with Crippen LogP contribution in [-0.4, -0.2) is 53.3 Å². The Morgan fingerprint density at radius 1 is 1.31 bits per heavy atom. The number of fused-ring (bicyclic) bond motifs is 2. The van der Waals surface area contributed by atoms with Crippen molar-refractivity contribution in [2.75, 3.05) is 24.6 Å². The lowest BCUT2D eigenvalue weighted by atomic mass is 10.1. The summed E-state index contributed by atoms with van der Waals surface area (Å²) in [6.45, 7) is 7.27. The van der Waals surface area contributed by atoms with Crippen LogP contribution in [0.3, 0.4) is 0 Å². The molecule has 2 heterocycles. The summed E-state index contributed by atoms with van der Waals surface area (Å²) in [6, 6.07) is 0.870. The average molecular weight is 244 g/mol. The maximum Gasteiger partial charge on any atom is 0.410 e. The number of rotatable bonds is 0. The molecule has 2 aliphatic heterocycles. The molecule has 0 spiro atoms. The van der Waals surface area contributed by atoms with Gasteiger partial charge in [-0.15, -0.1) is 0 Å². The molecule has 0 radical (unpaired) electrons. The summed E-state index contributed by atoms with van der Waals surface area (Å²) >= 11 is 1.97. The van der Waals surface area contributed by atoms with Gasteiger partial charge in [0.25, 0.3) is 0 Å². The Kier molecular flexibility index (Phi) is 3.35. The molecule has 0 aromatic carbocycles. The third-order valence-corrected chi connectivity index (χ3v) is 3.92. The Hall–Kier alpha value is -0.420. The molecule has 4 nitrogen and oxygen atoms in total. The monoisotopic (exact) mass is 244 g/mol. The first kappa shape index (κ1) is 12.0. The highest BCUT2D eigenvalue weighted by atomic mass is 32.2. The topological polar surface area (TPSA) is 41.6 Å². The summed E-state index contributed by atoms with van der Waals surface area (Å²) in [5.74, 6) is 2.19. The van der Waals surface area contributed by atoms with E-state index in [0.717, 1.165) is 24.6 Å². The molecular formula is C11H20N2O2S. The summed E-state index contributed by atoms with van der Waals surface area (Å²) in [6.07, 6.45) is -0.170. The second-order valence-electron chi connectivity index (χ2n) is 5.48. The highest BCUT2D eigenvalue weighted by molar-refractivity contribution is 7.99. The maximum absolute atomic E-state index is 11.9. The lowest BCUT2D eigenvalue weighted by Gasteiger charge is -2.42. The van der Waals surface area contributed by atoms with Gasteiger partial charge in [0, 0.05) is 36.7 Å². The highest BCUT2D eigenvalue weighted by Crippen LogP contribution is 2.20. The quantitative estimate of drug-likeness (QED) is 0.697. The molecule has 92 valence electrons. The first-order valence-corrected chi connectivity index (χ1v) is 6.91. The average Bonchev–Trinajstić information content (AvgIpc) is 2.14. The lowest BCUT2D eigenvalue weighted by Crippen LogP contribution is -2.62. The van der Waals surface area contributed by atoms with E-state index in [-0.39, 0.29) is 6.09 Å². The molecule has 0 aromatic rings. The minimum absolute atomic E-state index is 0.170. The number of ether oxygens (including phenoxy) is 1. The zero-order valence-electron chi connectivity index (χ0n) is 10.2. The van der Waals surface area contributed by atoms with E-state index in [1.807, 2.05) is 37.4 Å². The van der Waals surface area contributed by atoms with Crippen molar-refractivity contribution in [3.8, 4) is 0 Å². The smallest absolute Gasteiger partial charge is 0.410 e. The number of carbonyl (C=O) groups excluding carboxylic acids is 1. The van der Waals surface area contributed by atoms with E-state index in [2.05, 4.69) is 5.32 Å². The molecule has 0 aliphatic carbocycles. The molecule has 1 amide bonds. The fraction of sp³-hybridized carbons (Fsp3) is 0.909. The second kappa shape index (κ2) is 4.45. The minimum atomic E-state index is -0.397. The molecule has 2 bridgehead atoms. The van der Waals surface area contributed by atoms with Gasteiger partial charge in [-0.05, 0) is 20.8 Å². The molecule has 1 N–H and O–H groups in total. The summed E-state index contributed by atoms with van der Waals surface area (Å²) < 4.78 is 5.39. The molecule has 5 heteroatoms. The Bertz CT molecular complexity index is 266. The van der Waals surface area contributed by atoms with Gasteiger partial charge < -0.3 is 15.0 Å². The largest absolute Gasteiger partial charge is 0.444 e. The number of carbonyl (C=O) groups is 1. The van der Waals surface area contributed by atoms with Crippen LogP contribution in [0.25, 0.3) is 0 Å². The van der Waals surface area contributed by atoms with Gasteiger partial charge in [0.2, 0.25) is 0 Å². The van der Waals surface area contributed by atoms with Crippen molar-refractivity contribution < 1.29 is 9.53 Å². The molecule has 0 aromatic heterocycles. The molecule has 16 heavy (non-hydrogen) atoms. The molecule has 2 rings (SSSR count). The fourth-order valence-corrected chi connectivity index (χ4v) is 3.18. The van der Waals surface area contributed by atoms with Crippen molar-refractivity contribution in [3.63, 3.8) is 0 Å². The predicted octanol–water partition coefficient (Wildman–Crippen LogP) is 1.31. The standard InChI is InChI=1S/C11H20N2O2S/c1-11(2,3)15-10(14)13-4-8-6-16-7-9(5-13)12-8/h8-9,12H,4-7H2,1-3H3. The molecule has 2 unspecified atom stereocenters. The highest BCUT2D eigenvalue weighted by Gasteiger charge is 2.34. The van der Waals surface area contributed by atoms with Crippen molar-refractivity contribution in [3.05, 3.63) is 0 Å². The number of piperazine rings is 1. The molecule has 2 aliphatic rings. The Morgan fingerprint density at radius 3 is 2.38 bits per heavy atom. The Balaban J connectivity index is 1.92. The number of thioether (sulfide) groups is 1. The summed E-state index contributed by atoms with van der Waals surface area (Å²) in [4.78, 5) is 13.8. The summed E-state index contributed by atoms with van der Waals surface area (Å²) in [5.41, 5.74) is -0.397. The normalized spacial score (nSPS) is 30.1. The van der Waals surface area contributed by atoms with Crippen LogP contribution >= 0.6 is 11.8 Å². The maximum atomic E-state index is 11.9. The van der Waals surface area contributed by atoms with Crippen molar-refractivity contribution in [1.82, 2.24) is 10.2 Å². The second-order valence-corrected chi connectivity index (χ2v) is 6.56. The van der Waals surface area contributed by atoms with Crippen LogP contribution in [0.2, 0.25) is 0 Å². The van der Waals surface area contributed by atoms with E-state index in [9.17, 15) is 4.79 Å². The van der Waals surface area contributed by atoms with Crippen LogP contribution in [0.5, 0.6) is 0 Å². The van der Waals surface area contributed by atoms with Gasteiger partial charge in [0.05, 0.1) is 0 Å². The SMILES string of the molecule is CC(C)(C)OC(=O)N1CC2CSCC(C1)N2. The third-order valence-electron chi connectivity index (χ3n) is 2.64. The van der Waals surface area contributed by atoms with Crippen LogP contribution in [0.1, 0.15) is 20.8 Å². The molecule has 2 saturated heterocycles. The van der Waals surface area contributed by atoms with E-state index in [4.69, 9.17) is 4.74 Å². The fourth-order valence-electron chi connectivity index (χ4n) is 2.08. The molecular weight excluding hydrogens is 224 g/mol. The van der Waals surface area contributed by atoms with E-state index in [1.165, 1.54) is 0 Å². The number of nitrogens with one attached hydrogen (secondary N) is 1. The van der Waals surface area contributed by atoms with Gasteiger partial charge in [-0.25, -0.2) is 4.79 Å². The molecule has 0 saturated carbocycles. The van der Waals surface area contributed by atoms with E-state index in [1.54, 1.807) is 0 Å². The molecule has 2 atom stereocenters. The number of hydrogen-bond acceptors (Lipinski definition) is 4. The van der Waals surface area contributed by atoms with Gasteiger partial charge in [-0.3, -0.25) is 0 Å². The first-order valence-electron chi connectivity index (χ1n) is 5.76. The van der Waals surface area contributed by atoms with Gasteiger partial charge in [-0.2, -0.15) is 11.8 Å². The number of nitrogens with zero attached hydrogens (tertiary/aromatic N) is 1. The Labute approximate surface area is 101 Å². The van der Waals surface area contributed by atoms with Gasteiger partial charge >= 0.3 is 6.09 Å². The zero-order chi connectivity index (χ0) is 11.8.